The van der Waals surface area contributed by atoms with Crippen LogP contribution in [0.4, 0.5) is 11.4 Å². The number of carbonyl (C=O) groups excluding carboxylic acids is 1. The third-order valence-electron chi connectivity index (χ3n) is 3.16. The molecule has 1 fully saturated rings. The van der Waals surface area contributed by atoms with Gasteiger partial charge in [0.2, 0.25) is 0 Å². The maximum Gasteiger partial charge on any atom is 0.253 e. The van der Waals surface area contributed by atoms with E-state index in [1.54, 1.807) is 31.1 Å². The maximum absolute atomic E-state index is 11.8. The molecule has 2 atom stereocenters. The lowest BCUT2D eigenvalue weighted by atomic mass is 10.1. The summed E-state index contributed by atoms with van der Waals surface area (Å²) in [5.74, 6) is 0.694. The lowest BCUT2D eigenvalue weighted by molar-refractivity contribution is 0.0827. The van der Waals surface area contributed by atoms with Gasteiger partial charge in [0.25, 0.3) is 5.91 Å². The molecule has 0 radical (unpaired) electrons. The van der Waals surface area contributed by atoms with E-state index in [0.717, 1.165) is 5.69 Å². The van der Waals surface area contributed by atoms with E-state index in [2.05, 4.69) is 12.2 Å². The fourth-order valence-electron chi connectivity index (χ4n) is 1.80. The number of hydrogen-bond donors (Lipinski definition) is 2. The molecule has 1 aliphatic rings. The van der Waals surface area contributed by atoms with Crippen LogP contribution in [0.1, 0.15) is 23.7 Å². The van der Waals surface area contributed by atoms with Crippen molar-refractivity contribution in [1.29, 1.82) is 0 Å². The standard InChI is InChI=1S/C13H19N3O/c1-8-6-11(8)15-12-7-9(4-5-10(12)14)13(17)16(2)3/h4-5,7-8,11,15H,6,14H2,1-3H3. The van der Waals surface area contributed by atoms with E-state index in [9.17, 15) is 4.79 Å². The third-order valence-corrected chi connectivity index (χ3v) is 3.16. The van der Waals surface area contributed by atoms with Crippen LogP contribution in [-0.4, -0.2) is 30.9 Å². The van der Waals surface area contributed by atoms with Gasteiger partial charge in [0, 0.05) is 25.7 Å². The second kappa shape index (κ2) is 4.28. The van der Waals surface area contributed by atoms with Crippen LogP contribution in [0.15, 0.2) is 18.2 Å². The number of nitrogens with zero attached hydrogens (tertiary/aromatic N) is 1. The summed E-state index contributed by atoms with van der Waals surface area (Å²) in [7, 11) is 3.49. The third kappa shape index (κ3) is 2.52. The molecule has 4 heteroatoms. The number of nitrogen functional groups attached to an aromatic ring is 1. The monoisotopic (exact) mass is 233 g/mol. The zero-order valence-electron chi connectivity index (χ0n) is 10.5. The van der Waals surface area contributed by atoms with E-state index in [4.69, 9.17) is 5.73 Å². The number of amides is 1. The molecule has 1 amide bonds. The summed E-state index contributed by atoms with van der Waals surface area (Å²) >= 11 is 0. The molecule has 1 saturated carbocycles. The molecule has 92 valence electrons. The summed E-state index contributed by atoms with van der Waals surface area (Å²) in [6.07, 6.45) is 1.17. The number of rotatable bonds is 3. The van der Waals surface area contributed by atoms with Gasteiger partial charge in [-0.3, -0.25) is 4.79 Å². The molecule has 2 rings (SSSR count). The van der Waals surface area contributed by atoms with Crippen molar-refractivity contribution in [3.8, 4) is 0 Å². The molecule has 4 nitrogen and oxygen atoms in total. The van der Waals surface area contributed by atoms with Crippen LogP contribution in [0.3, 0.4) is 0 Å². The Morgan fingerprint density at radius 3 is 2.65 bits per heavy atom. The van der Waals surface area contributed by atoms with Crippen molar-refractivity contribution in [3.63, 3.8) is 0 Å². The van der Waals surface area contributed by atoms with Crippen LogP contribution in [0, 0.1) is 5.92 Å². The molecule has 0 aromatic heterocycles. The molecule has 1 aromatic carbocycles. The average Bonchev–Trinajstić information content (AvgIpc) is 2.96. The first kappa shape index (κ1) is 11.8. The second-order valence-electron chi connectivity index (χ2n) is 4.97. The summed E-state index contributed by atoms with van der Waals surface area (Å²) in [6, 6.07) is 5.88. The minimum absolute atomic E-state index is 0.00287. The summed E-state index contributed by atoms with van der Waals surface area (Å²) in [4.78, 5) is 13.4. The molecule has 0 saturated heterocycles. The summed E-state index contributed by atoms with van der Waals surface area (Å²) in [6.45, 7) is 2.20. The van der Waals surface area contributed by atoms with Crippen molar-refractivity contribution in [1.82, 2.24) is 4.90 Å². The van der Waals surface area contributed by atoms with E-state index in [0.29, 0.717) is 23.2 Å². The molecule has 3 N–H and O–H groups in total. The van der Waals surface area contributed by atoms with Crippen molar-refractivity contribution in [2.24, 2.45) is 5.92 Å². The van der Waals surface area contributed by atoms with Crippen LogP contribution in [0.2, 0.25) is 0 Å². The van der Waals surface area contributed by atoms with E-state index >= 15 is 0 Å². The Bertz CT molecular complexity index is 442. The Balaban J connectivity index is 2.20. The first-order valence-electron chi connectivity index (χ1n) is 5.86. The van der Waals surface area contributed by atoms with E-state index in [-0.39, 0.29) is 5.91 Å². The lowest BCUT2D eigenvalue weighted by Crippen LogP contribution is -2.22. The van der Waals surface area contributed by atoms with Gasteiger partial charge >= 0.3 is 0 Å². The first-order chi connectivity index (χ1) is 7.99. The van der Waals surface area contributed by atoms with Crippen LogP contribution in [-0.2, 0) is 0 Å². The minimum Gasteiger partial charge on any atom is -0.397 e. The summed E-state index contributed by atoms with van der Waals surface area (Å²) in [5, 5.41) is 3.37. The Labute approximate surface area is 102 Å². The maximum atomic E-state index is 11.8. The number of benzene rings is 1. The molecule has 17 heavy (non-hydrogen) atoms. The molecular formula is C13H19N3O. The molecule has 0 aliphatic heterocycles. The zero-order valence-corrected chi connectivity index (χ0v) is 10.5. The Morgan fingerprint density at radius 2 is 2.12 bits per heavy atom. The van der Waals surface area contributed by atoms with Crippen LogP contribution in [0.25, 0.3) is 0 Å². The summed E-state index contributed by atoms with van der Waals surface area (Å²) < 4.78 is 0. The molecule has 0 spiro atoms. The second-order valence-corrected chi connectivity index (χ2v) is 4.97. The highest BCUT2D eigenvalue weighted by atomic mass is 16.2. The van der Waals surface area contributed by atoms with E-state index in [1.165, 1.54) is 6.42 Å². The van der Waals surface area contributed by atoms with Gasteiger partial charge < -0.3 is 16.0 Å². The highest BCUT2D eigenvalue weighted by molar-refractivity contribution is 5.95. The van der Waals surface area contributed by atoms with Crippen molar-refractivity contribution >= 4 is 17.3 Å². The van der Waals surface area contributed by atoms with Gasteiger partial charge in [0.1, 0.15) is 0 Å². The van der Waals surface area contributed by atoms with Crippen LogP contribution >= 0.6 is 0 Å². The van der Waals surface area contributed by atoms with E-state index < -0.39 is 0 Å². The van der Waals surface area contributed by atoms with Crippen LogP contribution < -0.4 is 11.1 Å². The Hall–Kier alpha value is -1.71. The fourth-order valence-corrected chi connectivity index (χ4v) is 1.80. The van der Waals surface area contributed by atoms with Crippen molar-refractivity contribution in [3.05, 3.63) is 23.8 Å². The smallest absolute Gasteiger partial charge is 0.253 e. The topological polar surface area (TPSA) is 58.4 Å². The number of carbonyl (C=O) groups is 1. The predicted octanol–water partition coefficient (Wildman–Crippen LogP) is 1.79. The van der Waals surface area contributed by atoms with Gasteiger partial charge in [-0.2, -0.15) is 0 Å². The zero-order chi connectivity index (χ0) is 12.6. The largest absolute Gasteiger partial charge is 0.397 e. The molecule has 1 aliphatic carbocycles. The quantitative estimate of drug-likeness (QED) is 0.782. The Morgan fingerprint density at radius 1 is 1.47 bits per heavy atom. The number of nitrogens with two attached hydrogens (primary N) is 1. The van der Waals surface area contributed by atoms with Gasteiger partial charge in [-0.1, -0.05) is 6.92 Å². The molecule has 0 bridgehead atoms. The SMILES string of the molecule is CC1CC1Nc1cc(C(=O)N(C)C)ccc1N. The molecule has 1 aromatic rings. The number of hydrogen-bond acceptors (Lipinski definition) is 3. The van der Waals surface area contributed by atoms with Crippen molar-refractivity contribution < 1.29 is 4.79 Å². The molecule has 0 heterocycles. The van der Waals surface area contributed by atoms with Gasteiger partial charge in [-0.15, -0.1) is 0 Å². The number of anilines is 2. The number of nitrogens with one attached hydrogen (secondary N) is 1. The lowest BCUT2D eigenvalue weighted by Gasteiger charge is -2.13. The minimum atomic E-state index is -0.00287. The van der Waals surface area contributed by atoms with Gasteiger partial charge in [0.05, 0.1) is 11.4 Å². The van der Waals surface area contributed by atoms with Crippen molar-refractivity contribution in [2.45, 2.75) is 19.4 Å². The highest BCUT2D eigenvalue weighted by Gasteiger charge is 2.32. The van der Waals surface area contributed by atoms with Gasteiger partial charge in [0.15, 0.2) is 0 Å². The van der Waals surface area contributed by atoms with Gasteiger partial charge in [-0.25, -0.2) is 0 Å². The normalized spacial score (nSPS) is 22.1. The van der Waals surface area contributed by atoms with E-state index in [1.807, 2.05) is 6.07 Å². The first-order valence-corrected chi connectivity index (χ1v) is 5.86. The Kier molecular flexibility index (Phi) is 2.96. The van der Waals surface area contributed by atoms with Gasteiger partial charge in [-0.05, 0) is 30.5 Å². The fraction of sp³-hybridized carbons (Fsp3) is 0.462. The van der Waals surface area contributed by atoms with Crippen LogP contribution in [0.5, 0.6) is 0 Å². The predicted molar refractivity (Wildman–Crippen MR) is 70.1 cm³/mol. The molecular weight excluding hydrogens is 214 g/mol. The summed E-state index contributed by atoms with van der Waals surface area (Å²) in [5.41, 5.74) is 8.13. The highest BCUT2D eigenvalue weighted by Crippen LogP contribution is 2.34. The average molecular weight is 233 g/mol. The molecule has 2 unspecified atom stereocenters. The van der Waals surface area contributed by atoms with Crippen molar-refractivity contribution in [2.75, 3.05) is 25.1 Å².